The molecule has 2 fully saturated rings. The van der Waals surface area contributed by atoms with Crippen LogP contribution in [-0.2, 0) is 21.5 Å². The second-order valence-corrected chi connectivity index (χ2v) is 7.10. The van der Waals surface area contributed by atoms with Crippen LogP contribution >= 0.6 is 0 Å². The zero-order chi connectivity index (χ0) is 13.8. The van der Waals surface area contributed by atoms with Crippen molar-refractivity contribution in [1.29, 1.82) is 0 Å². The molecule has 0 radical (unpaired) electrons. The first-order valence-corrected chi connectivity index (χ1v) is 8.08. The van der Waals surface area contributed by atoms with Gasteiger partial charge in [-0.2, -0.15) is 0 Å². The molecule has 2 unspecified atom stereocenters. The van der Waals surface area contributed by atoms with Gasteiger partial charge in [0, 0.05) is 6.42 Å². The van der Waals surface area contributed by atoms with Gasteiger partial charge in [-0.1, -0.05) is 43.5 Å². The normalized spacial score (nSPS) is 35.8. The molecular formula is C18H24O2. The maximum Gasteiger partial charge on any atom is 0.164 e. The molecule has 0 spiro atoms. The molecule has 0 bridgehead atoms. The van der Waals surface area contributed by atoms with Crippen LogP contribution in [-0.4, -0.2) is 11.9 Å². The fourth-order valence-electron chi connectivity index (χ4n) is 4.73. The summed E-state index contributed by atoms with van der Waals surface area (Å²) in [5.74, 6) is 0.169. The topological polar surface area (TPSA) is 18.5 Å². The molecule has 20 heavy (non-hydrogen) atoms. The van der Waals surface area contributed by atoms with Gasteiger partial charge in [-0.05, 0) is 43.7 Å². The van der Waals surface area contributed by atoms with Gasteiger partial charge in [0.2, 0.25) is 0 Å². The van der Waals surface area contributed by atoms with Crippen LogP contribution in [0.3, 0.4) is 0 Å². The molecule has 1 saturated carbocycles. The molecule has 1 aliphatic heterocycles. The van der Waals surface area contributed by atoms with E-state index in [1.54, 1.807) is 0 Å². The number of ether oxygens (including phenoxy) is 2. The molecule has 2 atom stereocenters. The van der Waals surface area contributed by atoms with E-state index in [4.69, 9.17) is 9.47 Å². The lowest BCUT2D eigenvalue weighted by atomic mass is 9.73. The van der Waals surface area contributed by atoms with Crippen LogP contribution in [0.4, 0.5) is 0 Å². The minimum absolute atomic E-state index is 0.180. The number of rotatable bonds is 1. The van der Waals surface area contributed by atoms with E-state index in [9.17, 15) is 0 Å². The lowest BCUT2D eigenvalue weighted by molar-refractivity contribution is -0.180. The van der Waals surface area contributed by atoms with Gasteiger partial charge in [-0.15, -0.1) is 0 Å². The van der Waals surface area contributed by atoms with E-state index in [-0.39, 0.29) is 11.7 Å². The summed E-state index contributed by atoms with van der Waals surface area (Å²) >= 11 is 0. The Morgan fingerprint density at radius 1 is 1.05 bits per heavy atom. The largest absolute Gasteiger partial charge is 0.344 e. The number of benzene rings is 1. The molecule has 0 aromatic heterocycles. The standard InChI is InChI=1S/C18H24O2/c1-17(2)19-16-12-13-8-6-7-11-15(13)18(16,20-17)14-9-4-3-5-10-14/h6-8,11,14,16H,3-5,9-10,12H2,1-2H3. The highest BCUT2D eigenvalue weighted by Gasteiger charge is 2.61. The minimum atomic E-state index is -0.449. The zero-order valence-electron chi connectivity index (χ0n) is 12.5. The predicted molar refractivity (Wildman–Crippen MR) is 78.4 cm³/mol. The third kappa shape index (κ3) is 1.71. The molecule has 108 valence electrons. The van der Waals surface area contributed by atoms with Crippen LogP contribution in [0.5, 0.6) is 0 Å². The first-order valence-electron chi connectivity index (χ1n) is 8.08. The predicted octanol–water partition coefficient (Wildman–Crippen LogP) is 4.17. The fourth-order valence-corrected chi connectivity index (χ4v) is 4.73. The third-order valence-corrected chi connectivity index (χ3v) is 5.37. The second-order valence-electron chi connectivity index (χ2n) is 7.10. The molecule has 1 aromatic rings. The van der Waals surface area contributed by atoms with Crippen molar-refractivity contribution in [3.8, 4) is 0 Å². The number of hydrogen-bond donors (Lipinski definition) is 0. The smallest absolute Gasteiger partial charge is 0.164 e. The van der Waals surface area contributed by atoms with Crippen molar-refractivity contribution >= 4 is 0 Å². The highest BCUT2D eigenvalue weighted by molar-refractivity contribution is 5.41. The van der Waals surface area contributed by atoms with Crippen molar-refractivity contribution in [2.75, 3.05) is 0 Å². The Hall–Kier alpha value is -0.860. The molecule has 3 aliphatic rings. The molecule has 2 nitrogen and oxygen atoms in total. The number of hydrogen-bond acceptors (Lipinski definition) is 2. The molecule has 0 N–H and O–H groups in total. The van der Waals surface area contributed by atoms with Crippen LogP contribution in [0.2, 0.25) is 0 Å². The van der Waals surface area contributed by atoms with Gasteiger partial charge in [-0.3, -0.25) is 0 Å². The lowest BCUT2D eigenvalue weighted by Crippen LogP contribution is -2.42. The fraction of sp³-hybridized carbons (Fsp3) is 0.667. The molecule has 2 aliphatic carbocycles. The summed E-state index contributed by atoms with van der Waals surface area (Å²) in [6.45, 7) is 4.14. The van der Waals surface area contributed by atoms with E-state index in [2.05, 4.69) is 38.1 Å². The second kappa shape index (κ2) is 4.32. The van der Waals surface area contributed by atoms with Crippen molar-refractivity contribution in [1.82, 2.24) is 0 Å². The molecule has 0 amide bonds. The van der Waals surface area contributed by atoms with Crippen LogP contribution in [0, 0.1) is 5.92 Å². The van der Waals surface area contributed by atoms with Crippen molar-refractivity contribution in [2.45, 2.75) is 69.9 Å². The summed E-state index contributed by atoms with van der Waals surface area (Å²) in [6, 6.07) is 8.81. The van der Waals surface area contributed by atoms with E-state index in [0.717, 1.165) is 6.42 Å². The van der Waals surface area contributed by atoms with Gasteiger partial charge in [0.15, 0.2) is 5.79 Å². The monoisotopic (exact) mass is 272 g/mol. The number of fused-ring (bicyclic) bond motifs is 3. The molecule has 1 aromatic carbocycles. The third-order valence-electron chi connectivity index (χ3n) is 5.37. The summed E-state index contributed by atoms with van der Waals surface area (Å²) in [4.78, 5) is 0. The van der Waals surface area contributed by atoms with Crippen molar-refractivity contribution in [2.24, 2.45) is 5.92 Å². The molecular weight excluding hydrogens is 248 g/mol. The summed E-state index contributed by atoms with van der Waals surface area (Å²) in [5.41, 5.74) is 2.65. The maximum atomic E-state index is 6.60. The van der Waals surface area contributed by atoms with Gasteiger partial charge in [0.1, 0.15) is 5.60 Å². The van der Waals surface area contributed by atoms with E-state index >= 15 is 0 Å². The van der Waals surface area contributed by atoms with Crippen molar-refractivity contribution < 1.29 is 9.47 Å². The molecule has 2 heteroatoms. The van der Waals surface area contributed by atoms with Crippen LogP contribution in [0.1, 0.15) is 57.1 Å². The van der Waals surface area contributed by atoms with Gasteiger partial charge in [-0.25, -0.2) is 0 Å². The Labute approximate surface area is 121 Å². The molecule has 1 heterocycles. The first-order chi connectivity index (χ1) is 9.62. The van der Waals surface area contributed by atoms with Gasteiger partial charge < -0.3 is 9.47 Å². The summed E-state index contributed by atoms with van der Waals surface area (Å²) in [7, 11) is 0. The summed E-state index contributed by atoms with van der Waals surface area (Å²) < 4.78 is 12.9. The van der Waals surface area contributed by atoms with Crippen molar-refractivity contribution in [3.63, 3.8) is 0 Å². The average Bonchev–Trinajstić information content (AvgIpc) is 2.88. The average molecular weight is 272 g/mol. The van der Waals surface area contributed by atoms with Crippen LogP contribution in [0.25, 0.3) is 0 Å². The van der Waals surface area contributed by atoms with Crippen LogP contribution < -0.4 is 0 Å². The summed E-state index contributed by atoms with van der Waals surface area (Å²) in [5, 5.41) is 0. The van der Waals surface area contributed by atoms with Crippen LogP contribution in [0.15, 0.2) is 24.3 Å². The molecule has 4 rings (SSSR count). The van der Waals surface area contributed by atoms with Crippen molar-refractivity contribution in [3.05, 3.63) is 35.4 Å². The van der Waals surface area contributed by atoms with Gasteiger partial charge in [0.05, 0.1) is 6.10 Å². The quantitative estimate of drug-likeness (QED) is 0.764. The Balaban J connectivity index is 1.82. The van der Waals surface area contributed by atoms with Gasteiger partial charge >= 0.3 is 0 Å². The Bertz CT molecular complexity index is 516. The first kappa shape index (κ1) is 12.8. The maximum absolute atomic E-state index is 6.60. The summed E-state index contributed by atoms with van der Waals surface area (Å²) in [6.07, 6.45) is 7.84. The SMILES string of the molecule is CC1(C)OC2Cc3ccccc3C2(C2CCCCC2)O1. The Morgan fingerprint density at radius 2 is 1.80 bits per heavy atom. The Kier molecular flexibility index (Phi) is 2.77. The van der Waals surface area contributed by atoms with E-state index < -0.39 is 5.79 Å². The molecule has 1 saturated heterocycles. The van der Waals surface area contributed by atoms with E-state index in [1.165, 1.54) is 43.2 Å². The van der Waals surface area contributed by atoms with Gasteiger partial charge in [0.25, 0.3) is 0 Å². The van der Waals surface area contributed by atoms with E-state index in [1.807, 2.05) is 0 Å². The highest BCUT2D eigenvalue weighted by atomic mass is 16.8. The lowest BCUT2D eigenvalue weighted by Gasteiger charge is -2.39. The minimum Gasteiger partial charge on any atom is -0.344 e. The highest BCUT2D eigenvalue weighted by Crippen LogP contribution is 2.57. The zero-order valence-corrected chi connectivity index (χ0v) is 12.5. The Morgan fingerprint density at radius 3 is 2.60 bits per heavy atom. The van der Waals surface area contributed by atoms with E-state index in [0.29, 0.717) is 5.92 Å².